The summed E-state index contributed by atoms with van der Waals surface area (Å²) in [6.45, 7) is 3.05. The number of anilines is 1. The summed E-state index contributed by atoms with van der Waals surface area (Å²) in [6.07, 6.45) is 4.71. The molecular formula is C12H14ClN5O. The number of aromatic amines is 1. The fraction of sp³-hybridized carbons (Fsp3) is 0.250. The van der Waals surface area contributed by atoms with Crippen LogP contribution in [0.5, 0.6) is 0 Å². The predicted molar refractivity (Wildman–Crippen MR) is 73.2 cm³/mol. The fourth-order valence-electron chi connectivity index (χ4n) is 1.52. The van der Waals surface area contributed by atoms with Crippen LogP contribution in [0.3, 0.4) is 0 Å². The lowest BCUT2D eigenvalue weighted by atomic mass is 10.2. The average Bonchev–Trinajstić information content (AvgIpc) is 2.91. The molecule has 19 heavy (non-hydrogen) atoms. The Bertz CT molecular complexity index is 555. The van der Waals surface area contributed by atoms with E-state index < -0.39 is 0 Å². The van der Waals surface area contributed by atoms with Gasteiger partial charge in [-0.05, 0) is 13.0 Å². The lowest BCUT2D eigenvalue weighted by Crippen LogP contribution is -2.23. The Balaban J connectivity index is 2.01. The van der Waals surface area contributed by atoms with Crippen LogP contribution >= 0.6 is 11.6 Å². The third kappa shape index (κ3) is 3.45. The number of carbonyl (C=O) groups is 1. The summed E-state index contributed by atoms with van der Waals surface area (Å²) in [6, 6.07) is 1.59. The highest BCUT2D eigenvalue weighted by Gasteiger charge is 2.09. The van der Waals surface area contributed by atoms with Crippen molar-refractivity contribution in [1.29, 1.82) is 0 Å². The molecule has 0 fully saturated rings. The van der Waals surface area contributed by atoms with Gasteiger partial charge in [0.25, 0.3) is 5.91 Å². The summed E-state index contributed by atoms with van der Waals surface area (Å²) >= 11 is 6.03. The molecule has 0 spiro atoms. The molecule has 0 aliphatic rings. The van der Waals surface area contributed by atoms with Gasteiger partial charge in [0.05, 0.1) is 29.2 Å². The van der Waals surface area contributed by atoms with Crippen molar-refractivity contribution in [1.82, 2.24) is 20.3 Å². The minimum atomic E-state index is -0.230. The second-order valence-electron chi connectivity index (χ2n) is 3.84. The molecule has 6 nitrogen and oxygen atoms in total. The predicted octanol–water partition coefficient (Wildman–Crippen LogP) is 1.82. The molecule has 0 unspecified atom stereocenters. The van der Waals surface area contributed by atoms with Crippen molar-refractivity contribution in [3.63, 3.8) is 0 Å². The van der Waals surface area contributed by atoms with Crippen LogP contribution in [0.15, 0.2) is 24.8 Å². The Kier molecular flexibility index (Phi) is 4.35. The van der Waals surface area contributed by atoms with Gasteiger partial charge in [0, 0.05) is 18.9 Å². The highest BCUT2D eigenvalue weighted by Crippen LogP contribution is 2.19. The van der Waals surface area contributed by atoms with Crippen LogP contribution < -0.4 is 10.6 Å². The van der Waals surface area contributed by atoms with E-state index in [0.717, 1.165) is 12.2 Å². The first-order valence-corrected chi connectivity index (χ1v) is 6.23. The molecule has 0 radical (unpaired) electrons. The topological polar surface area (TPSA) is 82.7 Å². The van der Waals surface area contributed by atoms with Gasteiger partial charge in [0.1, 0.15) is 5.82 Å². The summed E-state index contributed by atoms with van der Waals surface area (Å²) in [7, 11) is 0. The van der Waals surface area contributed by atoms with E-state index in [4.69, 9.17) is 11.6 Å². The van der Waals surface area contributed by atoms with Crippen molar-refractivity contribution in [2.24, 2.45) is 0 Å². The van der Waals surface area contributed by atoms with E-state index in [-0.39, 0.29) is 5.91 Å². The van der Waals surface area contributed by atoms with Crippen LogP contribution in [0, 0.1) is 0 Å². The molecule has 2 heterocycles. The first-order valence-electron chi connectivity index (χ1n) is 5.85. The van der Waals surface area contributed by atoms with E-state index in [1.54, 1.807) is 18.6 Å². The largest absolute Gasteiger partial charge is 0.369 e. The molecule has 0 bridgehead atoms. The SMILES string of the molecule is CCNc1ncc(C(=O)NCc2cnc[nH]2)cc1Cl. The second-order valence-corrected chi connectivity index (χ2v) is 4.25. The van der Waals surface area contributed by atoms with Crippen LogP contribution in [0.1, 0.15) is 23.0 Å². The smallest absolute Gasteiger partial charge is 0.253 e. The van der Waals surface area contributed by atoms with Crippen molar-refractivity contribution in [3.05, 3.63) is 41.1 Å². The van der Waals surface area contributed by atoms with Crippen molar-refractivity contribution in [3.8, 4) is 0 Å². The van der Waals surface area contributed by atoms with Crippen LogP contribution in [0.2, 0.25) is 5.02 Å². The molecule has 100 valence electrons. The molecule has 3 N–H and O–H groups in total. The highest BCUT2D eigenvalue weighted by atomic mass is 35.5. The Morgan fingerprint density at radius 1 is 1.47 bits per heavy atom. The Labute approximate surface area is 115 Å². The number of imidazole rings is 1. The Morgan fingerprint density at radius 2 is 2.32 bits per heavy atom. The maximum Gasteiger partial charge on any atom is 0.253 e. The average molecular weight is 280 g/mol. The summed E-state index contributed by atoms with van der Waals surface area (Å²) < 4.78 is 0. The maximum absolute atomic E-state index is 11.9. The molecule has 1 amide bonds. The number of nitrogens with one attached hydrogen (secondary N) is 3. The van der Waals surface area contributed by atoms with Gasteiger partial charge >= 0.3 is 0 Å². The lowest BCUT2D eigenvalue weighted by Gasteiger charge is -2.07. The number of carbonyl (C=O) groups excluding carboxylic acids is 1. The number of aromatic nitrogens is 3. The van der Waals surface area contributed by atoms with E-state index in [0.29, 0.717) is 22.9 Å². The molecule has 0 aliphatic carbocycles. The van der Waals surface area contributed by atoms with E-state index in [1.165, 1.54) is 6.20 Å². The number of amides is 1. The Hall–Kier alpha value is -2.08. The quantitative estimate of drug-likeness (QED) is 0.780. The minimum Gasteiger partial charge on any atom is -0.369 e. The fourth-order valence-corrected chi connectivity index (χ4v) is 1.75. The van der Waals surface area contributed by atoms with Gasteiger partial charge in [0.2, 0.25) is 0 Å². The molecule has 0 aliphatic heterocycles. The van der Waals surface area contributed by atoms with Gasteiger partial charge in [-0.25, -0.2) is 9.97 Å². The van der Waals surface area contributed by atoms with Crippen molar-refractivity contribution >= 4 is 23.3 Å². The number of hydrogen-bond acceptors (Lipinski definition) is 4. The van der Waals surface area contributed by atoms with Gasteiger partial charge < -0.3 is 15.6 Å². The minimum absolute atomic E-state index is 0.230. The van der Waals surface area contributed by atoms with Gasteiger partial charge in [0.15, 0.2) is 0 Å². The molecule has 2 aromatic rings. The molecule has 2 aromatic heterocycles. The Morgan fingerprint density at radius 3 is 2.95 bits per heavy atom. The zero-order valence-electron chi connectivity index (χ0n) is 10.4. The highest BCUT2D eigenvalue weighted by molar-refractivity contribution is 6.33. The van der Waals surface area contributed by atoms with Crippen LogP contribution in [-0.4, -0.2) is 27.4 Å². The molecule has 7 heteroatoms. The normalized spacial score (nSPS) is 10.2. The summed E-state index contributed by atoms with van der Waals surface area (Å²) in [5.41, 5.74) is 1.25. The van der Waals surface area contributed by atoms with Crippen molar-refractivity contribution in [2.45, 2.75) is 13.5 Å². The first-order chi connectivity index (χ1) is 9.20. The van der Waals surface area contributed by atoms with Crippen LogP contribution in [0.4, 0.5) is 5.82 Å². The van der Waals surface area contributed by atoms with Gasteiger partial charge in [-0.2, -0.15) is 0 Å². The first kappa shape index (κ1) is 13.4. The summed E-state index contributed by atoms with van der Waals surface area (Å²) in [5, 5.41) is 6.19. The number of pyridine rings is 1. The number of hydrogen-bond donors (Lipinski definition) is 3. The molecule has 0 saturated heterocycles. The van der Waals surface area contributed by atoms with Crippen molar-refractivity contribution < 1.29 is 4.79 Å². The monoisotopic (exact) mass is 279 g/mol. The van der Waals surface area contributed by atoms with E-state index in [2.05, 4.69) is 25.6 Å². The van der Waals surface area contributed by atoms with E-state index in [1.807, 2.05) is 6.92 Å². The number of H-pyrrole nitrogens is 1. The zero-order valence-corrected chi connectivity index (χ0v) is 11.2. The molecule has 0 atom stereocenters. The molecular weight excluding hydrogens is 266 g/mol. The van der Waals surface area contributed by atoms with Gasteiger partial charge in [-0.15, -0.1) is 0 Å². The summed E-state index contributed by atoms with van der Waals surface area (Å²) in [5.74, 6) is 0.348. The maximum atomic E-state index is 11.9. The number of nitrogens with zero attached hydrogens (tertiary/aromatic N) is 2. The molecule has 0 saturated carbocycles. The third-order valence-electron chi connectivity index (χ3n) is 2.44. The summed E-state index contributed by atoms with van der Waals surface area (Å²) in [4.78, 5) is 22.8. The van der Waals surface area contributed by atoms with Crippen LogP contribution in [-0.2, 0) is 6.54 Å². The van der Waals surface area contributed by atoms with Gasteiger partial charge in [-0.1, -0.05) is 11.6 Å². The van der Waals surface area contributed by atoms with Crippen LogP contribution in [0.25, 0.3) is 0 Å². The van der Waals surface area contributed by atoms with E-state index in [9.17, 15) is 4.79 Å². The number of halogens is 1. The standard InChI is InChI=1S/C12H14ClN5O/c1-2-15-11-10(13)3-8(4-16-11)12(19)17-6-9-5-14-7-18-9/h3-5,7H,2,6H2,1H3,(H,14,18)(H,15,16)(H,17,19). The lowest BCUT2D eigenvalue weighted by molar-refractivity contribution is 0.0950. The zero-order chi connectivity index (χ0) is 13.7. The molecule has 2 rings (SSSR count). The van der Waals surface area contributed by atoms with Crippen molar-refractivity contribution in [2.75, 3.05) is 11.9 Å². The van der Waals surface area contributed by atoms with E-state index >= 15 is 0 Å². The number of rotatable bonds is 5. The van der Waals surface area contributed by atoms with Gasteiger partial charge in [-0.3, -0.25) is 4.79 Å². The third-order valence-corrected chi connectivity index (χ3v) is 2.73. The second kappa shape index (κ2) is 6.19. The molecule has 0 aromatic carbocycles.